The van der Waals surface area contributed by atoms with Gasteiger partial charge >= 0.3 is 0 Å². The Morgan fingerprint density at radius 1 is 1.67 bits per heavy atom. The van der Waals surface area contributed by atoms with Gasteiger partial charge < -0.3 is 5.11 Å². The Hall–Kier alpha value is -0.830. The van der Waals surface area contributed by atoms with Crippen LogP contribution in [0.3, 0.4) is 0 Å². The van der Waals surface area contributed by atoms with Gasteiger partial charge in [0.05, 0.1) is 0 Å². The van der Waals surface area contributed by atoms with Gasteiger partial charge in [-0.3, -0.25) is 0 Å². The molecule has 1 aromatic heterocycles. The number of pyridine rings is 1. The summed E-state index contributed by atoms with van der Waals surface area (Å²) in [5, 5.41) is 8.29. The summed E-state index contributed by atoms with van der Waals surface area (Å²) in [6.07, 6.45) is 1.22. The first-order valence-electron chi connectivity index (χ1n) is 2.21. The summed E-state index contributed by atoms with van der Waals surface area (Å²) >= 11 is 5.17. The molecule has 0 saturated carbocycles. The highest BCUT2D eigenvalue weighted by molar-refractivity contribution is 6.29. The minimum Gasteiger partial charge on any atom is -0.505 e. The van der Waals surface area contributed by atoms with Gasteiger partial charge in [-0.15, -0.1) is 0 Å². The molecule has 4 heteroatoms. The molecular formula is C5H3ClFNO. The molecule has 0 unspecified atom stereocenters. The SMILES string of the molecule is Oc1ccnc(Cl)c1F. The maximum Gasteiger partial charge on any atom is 0.201 e. The van der Waals surface area contributed by atoms with E-state index < -0.39 is 11.6 Å². The second-order valence-corrected chi connectivity index (χ2v) is 1.79. The number of hydrogen-bond acceptors (Lipinski definition) is 2. The van der Waals surface area contributed by atoms with Gasteiger partial charge in [0, 0.05) is 12.3 Å². The van der Waals surface area contributed by atoms with Crippen molar-refractivity contribution in [1.29, 1.82) is 0 Å². The molecule has 0 aromatic carbocycles. The van der Waals surface area contributed by atoms with Gasteiger partial charge in [-0.2, -0.15) is 4.39 Å². The molecule has 2 nitrogen and oxygen atoms in total. The van der Waals surface area contributed by atoms with E-state index in [9.17, 15) is 4.39 Å². The number of aromatic nitrogens is 1. The molecule has 0 spiro atoms. The standard InChI is InChI=1S/C5H3ClFNO/c6-5-4(7)3(9)1-2-8-5/h1-2H,(H,8,9). The van der Waals surface area contributed by atoms with E-state index in [4.69, 9.17) is 16.7 Å². The van der Waals surface area contributed by atoms with Gasteiger partial charge in [-0.05, 0) is 0 Å². The molecule has 0 fully saturated rings. The fraction of sp³-hybridized carbons (Fsp3) is 0. The summed E-state index contributed by atoms with van der Waals surface area (Å²) in [5.41, 5.74) is 0. The normalized spacial score (nSPS) is 9.56. The van der Waals surface area contributed by atoms with Crippen LogP contribution in [0.2, 0.25) is 5.15 Å². The Kier molecular flexibility index (Phi) is 1.53. The Morgan fingerprint density at radius 3 is 2.78 bits per heavy atom. The van der Waals surface area contributed by atoms with Crippen molar-refractivity contribution in [3.8, 4) is 5.75 Å². The fourth-order valence-corrected chi connectivity index (χ4v) is 0.562. The highest BCUT2D eigenvalue weighted by atomic mass is 35.5. The number of nitrogens with zero attached hydrogens (tertiary/aromatic N) is 1. The third-order valence-electron chi connectivity index (χ3n) is 0.826. The maximum absolute atomic E-state index is 12.3. The first-order valence-corrected chi connectivity index (χ1v) is 2.58. The van der Waals surface area contributed by atoms with Gasteiger partial charge in [-0.1, -0.05) is 11.6 Å². The van der Waals surface area contributed by atoms with E-state index in [1.165, 1.54) is 6.20 Å². The molecular weight excluding hydrogens is 145 g/mol. The van der Waals surface area contributed by atoms with E-state index in [-0.39, 0.29) is 5.15 Å². The molecule has 48 valence electrons. The van der Waals surface area contributed by atoms with Crippen LogP contribution < -0.4 is 0 Å². The highest BCUT2D eigenvalue weighted by Crippen LogP contribution is 2.19. The van der Waals surface area contributed by atoms with Crippen molar-refractivity contribution in [2.24, 2.45) is 0 Å². The zero-order valence-corrected chi connectivity index (χ0v) is 5.06. The molecule has 9 heavy (non-hydrogen) atoms. The summed E-state index contributed by atoms with van der Waals surface area (Å²) in [7, 11) is 0. The van der Waals surface area contributed by atoms with Gasteiger partial charge in [-0.25, -0.2) is 4.98 Å². The number of halogens is 2. The molecule has 0 radical (unpaired) electrons. The van der Waals surface area contributed by atoms with Gasteiger partial charge in [0.25, 0.3) is 0 Å². The molecule has 1 heterocycles. The summed E-state index contributed by atoms with van der Waals surface area (Å²) in [6, 6.07) is 1.13. The van der Waals surface area contributed by atoms with Gasteiger partial charge in [0.1, 0.15) is 0 Å². The third kappa shape index (κ3) is 1.10. The van der Waals surface area contributed by atoms with E-state index in [0.29, 0.717) is 0 Å². The van der Waals surface area contributed by atoms with Crippen molar-refractivity contribution in [3.63, 3.8) is 0 Å². The van der Waals surface area contributed by atoms with Crippen LogP contribution in [0, 0.1) is 5.82 Å². The first-order chi connectivity index (χ1) is 4.22. The van der Waals surface area contributed by atoms with E-state index in [2.05, 4.69) is 4.98 Å². The average molecular weight is 148 g/mol. The maximum atomic E-state index is 12.3. The van der Waals surface area contributed by atoms with E-state index >= 15 is 0 Å². The smallest absolute Gasteiger partial charge is 0.201 e. The molecule has 0 bridgehead atoms. The molecule has 0 aliphatic carbocycles. The minimum absolute atomic E-state index is 0.310. The van der Waals surface area contributed by atoms with Crippen molar-refractivity contribution in [3.05, 3.63) is 23.2 Å². The first kappa shape index (κ1) is 6.29. The summed E-state index contributed by atoms with van der Waals surface area (Å²) in [6.45, 7) is 0. The Balaban J connectivity index is 3.25. The lowest BCUT2D eigenvalue weighted by Gasteiger charge is -1.92. The summed E-state index contributed by atoms with van der Waals surface area (Å²) < 4.78 is 12.3. The van der Waals surface area contributed by atoms with Crippen LogP contribution in [0.5, 0.6) is 5.75 Å². The van der Waals surface area contributed by atoms with Crippen molar-refractivity contribution >= 4 is 11.6 Å². The Labute approximate surface area is 55.9 Å². The zero-order chi connectivity index (χ0) is 6.85. The molecule has 1 aromatic rings. The average Bonchev–Trinajstić information content (AvgIpc) is 1.83. The lowest BCUT2D eigenvalue weighted by molar-refractivity contribution is 0.430. The van der Waals surface area contributed by atoms with E-state index in [1.807, 2.05) is 0 Å². The monoisotopic (exact) mass is 147 g/mol. The van der Waals surface area contributed by atoms with Crippen LogP contribution in [0.25, 0.3) is 0 Å². The summed E-state index contributed by atoms with van der Waals surface area (Å²) in [5.74, 6) is -1.35. The summed E-state index contributed by atoms with van der Waals surface area (Å²) in [4.78, 5) is 3.37. The minimum atomic E-state index is -0.876. The van der Waals surface area contributed by atoms with Crippen LogP contribution in [0.1, 0.15) is 0 Å². The van der Waals surface area contributed by atoms with Crippen LogP contribution in [0.4, 0.5) is 4.39 Å². The van der Waals surface area contributed by atoms with Gasteiger partial charge in [0.2, 0.25) is 5.82 Å². The highest BCUT2D eigenvalue weighted by Gasteiger charge is 2.03. The predicted octanol–water partition coefficient (Wildman–Crippen LogP) is 1.58. The Bertz CT molecular complexity index is 208. The van der Waals surface area contributed by atoms with Crippen molar-refractivity contribution in [2.75, 3.05) is 0 Å². The van der Waals surface area contributed by atoms with Crippen LogP contribution in [0.15, 0.2) is 12.3 Å². The molecule has 0 aliphatic rings. The second-order valence-electron chi connectivity index (χ2n) is 1.43. The fourth-order valence-electron chi connectivity index (χ4n) is 0.409. The third-order valence-corrected chi connectivity index (χ3v) is 1.09. The topological polar surface area (TPSA) is 33.1 Å². The van der Waals surface area contributed by atoms with E-state index in [1.54, 1.807) is 0 Å². The van der Waals surface area contributed by atoms with Crippen LogP contribution in [-0.2, 0) is 0 Å². The lowest BCUT2D eigenvalue weighted by atomic mass is 10.4. The number of rotatable bonds is 0. The molecule has 0 atom stereocenters. The van der Waals surface area contributed by atoms with Crippen molar-refractivity contribution in [1.82, 2.24) is 4.98 Å². The molecule has 1 N–H and O–H groups in total. The molecule has 0 aliphatic heterocycles. The Morgan fingerprint density at radius 2 is 2.33 bits per heavy atom. The zero-order valence-electron chi connectivity index (χ0n) is 4.31. The van der Waals surface area contributed by atoms with Crippen molar-refractivity contribution < 1.29 is 9.50 Å². The largest absolute Gasteiger partial charge is 0.505 e. The number of aromatic hydroxyl groups is 1. The molecule has 0 saturated heterocycles. The molecule has 0 amide bonds. The van der Waals surface area contributed by atoms with Crippen LogP contribution in [-0.4, -0.2) is 10.1 Å². The van der Waals surface area contributed by atoms with Crippen LogP contribution >= 0.6 is 11.6 Å². The second kappa shape index (κ2) is 2.19. The van der Waals surface area contributed by atoms with E-state index in [0.717, 1.165) is 6.07 Å². The quantitative estimate of drug-likeness (QED) is 0.566. The predicted molar refractivity (Wildman–Crippen MR) is 30.9 cm³/mol. The van der Waals surface area contributed by atoms with Gasteiger partial charge in [0.15, 0.2) is 10.9 Å². The molecule has 1 rings (SSSR count). The van der Waals surface area contributed by atoms with Crippen molar-refractivity contribution in [2.45, 2.75) is 0 Å². The number of hydrogen-bond donors (Lipinski definition) is 1. The lowest BCUT2D eigenvalue weighted by Crippen LogP contribution is -1.80.